The summed E-state index contributed by atoms with van der Waals surface area (Å²) in [5.41, 5.74) is 9.00. The van der Waals surface area contributed by atoms with Gasteiger partial charge in [-0.15, -0.1) is 0 Å². The van der Waals surface area contributed by atoms with Gasteiger partial charge in [-0.1, -0.05) is 32.0 Å². The summed E-state index contributed by atoms with van der Waals surface area (Å²) in [6.07, 6.45) is -1.25. The van der Waals surface area contributed by atoms with E-state index in [0.717, 1.165) is 16.7 Å². The lowest BCUT2D eigenvalue weighted by molar-refractivity contribution is -0.0176. The molecule has 1 aliphatic heterocycles. The Morgan fingerprint density at radius 2 is 1.88 bits per heavy atom. The van der Waals surface area contributed by atoms with Gasteiger partial charge in [0.05, 0.1) is 6.61 Å². The lowest BCUT2D eigenvalue weighted by Gasteiger charge is -2.38. The molecule has 0 saturated carbocycles. The van der Waals surface area contributed by atoms with Crippen molar-refractivity contribution < 1.29 is 18.9 Å². The van der Waals surface area contributed by atoms with Crippen molar-refractivity contribution in [2.45, 2.75) is 20.0 Å². The van der Waals surface area contributed by atoms with Crippen molar-refractivity contribution in [3.63, 3.8) is 0 Å². The number of aromatic nitrogens is 2. The van der Waals surface area contributed by atoms with Crippen LogP contribution in [0.1, 0.15) is 25.5 Å². The van der Waals surface area contributed by atoms with Crippen LogP contribution in [-0.2, 0) is 4.74 Å². The van der Waals surface area contributed by atoms with Gasteiger partial charge in [0.2, 0.25) is 0 Å². The highest BCUT2D eigenvalue weighted by Gasteiger charge is 2.40. The van der Waals surface area contributed by atoms with Crippen LogP contribution in [0.4, 0.5) is 4.79 Å². The lowest BCUT2D eigenvalue weighted by Crippen LogP contribution is -2.37. The average Bonchev–Trinajstić information content (AvgIpc) is 3.04. The van der Waals surface area contributed by atoms with Gasteiger partial charge in [-0.2, -0.15) is 0 Å². The minimum Gasteiger partial charge on any atom is -0.492 e. The molecular formula is C18H17N3O4. The van der Waals surface area contributed by atoms with Crippen molar-refractivity contribution in [1.82, 2.24) is 10.3 Å². The van der Waals surface area contributed by atoms with Crippen molar-refractivity contribution in [1.29, 1.82) is 0 Å². The highest BCUT2D eigenvalue weighted by atomic mass is 16.6. The fourth-order valence-corrected chi connectivity index (χ4v) is 3.12. The summed E-state index contributed by atoms with van der Waals surface area (Å²) < 4.78 is 16.0. The maximum Gasteiger partial charge on any atom is 0.405 e. The Bertz CT molecular complexity index is 964. The Labute approximate surface area is 143 Å². The minimum atomic E-state index is -0.793. The summed E-state index contributed by atoms with van der Waals surface area (Å²) in [4.78, 5) is 11.3. The summed E-state index contributed by atoms with van der Waals surface area (Å²) >= 11 is 0. The molecule has 0 radical (unpaired) electrons. The molecule has 0 saturated heterocycles. The molecule has 128 valence electrons. The van der Waals surface area contributed by atoms with Crippen molar-refractivity contribution in [2.75, 3.05) is 6.61 Å². The van der Waals surface area contributed by atoms with Crippen molar-refractivity contribution in [3.8, 4) is 16.9 Å². The van der Waals surface area contributed by atoms with Crippen molar-refractivity contribution in [3.05, 3.63) is 42.0 Å². The van der Waals surface area contributed by atoms with E-state index in [0.29, 0.717) is 23.4 Å². The largest absolute Gasteiger partial charge is 0.492 e. The van der Waals surface area contributed by atoms with Gasteiger partial charge in [0, 0.05) is 11.0 Å². The van der Waals surface area contributed by atoms with Crippen LogP contribution in [0.25, 0.3) is 22.2 Å². The number of carbonyl (C=O) groups excluding carboxylic acids is 1. The van der Waals surface area contributed by atoms with E-state index in [4.69, 9.17) is 19.8 Å². The van der Waals surface area contributed by atoms with Crippen LogP contribution in [0.3, 0.4) is 0 Å². The zero-order valence-electron chi connectivity index (χ0n) is 13.9. The molecule has 25 heavy (non-hydrogen) atoms. The number of carbonyl (C=O) groups is 1. The Morgan fingerprint density at radius 1 is 1.16 bits per heavy atom. The van der Waals surface area contributed by atoms with E-state index in [2.05, 4.69) is 10.3 Å². The Hall–Kier alpha value is -3.09. The highest BCUT2D eigenvalue weighted by molar-refractivity contribution is 5.81. The molecule has 0 bridgehead atoms. The Balaban J connectivity index is 1.75. The SMILES string of the molecule is CC1(C)COc2cc(-c3ccc4nonc4c3)ccc2C1OC(N)=O. The first-order chi connectivity index (χ1) is 11.9. The monoisotopic (exact) mass is 339 g/mol. The summed E-state index contributed by atoms with van der Waals surface area (Å²) in [5.74, 6) is 0.682. The number of nitrogens with zero attached hydrogens (tertiary/aromatic N) is 2. The second-order valence-electron chi connectivity index (χ2n) is 6.81. The van der Waals surface area contributed by atoms with Gasteiger partial charge >= 0.3 is 6.09 Å². The molecule has 1 amide bonds. The first-order valence-corrected chi connectivity index (χ1v) is 7.89. The number of benzene rings is 2. The Kier molecular flexibility index (Phi) is 3.38. The average molecular weight is 339 g/mol. The van der Waals surface area contributed by atoms with E-state index in [1.807, 2.05) is 50.2 Å². The molecule has 1 unspecified atom stereocenters. The molecule has 2 heterocycles. The topological polar surface area (TPSA) is 100 Å². The fraction of sp³-hybridized carbons (Fsp3) is 0.278. The van der Waals surface area contributed by atoms with E-state index in [9.17, 15) is 4.79 Å². The normalized spacial score (nSPS) is 18.4. The van der Waals surface area contributed by atoms with Crippen LogP contribution in [0, 0.1) is 5.41 Å². The van der Waals surface area contributed by atoms with Gasteiger partial charge in [-0.05, 0) is 39.6 Å². The minimum absolute atomic E-state index is 0.366. The fourth-order valence-electron chi connectivity index (χ4n) is 3.12. The zero-order valence-corrected chi connectivity index (χ0v) is 13.9. The van der Waals surface area contributed by atoms with E-state index < -0.39 is 12.2 Å². The van der Waals surface area contributed by atoms with E-state index >= 15 is 0 Å². The molecule has 0 fully saturated rings. The second kappa shape index (κ2) is 5.47. The molecule has 7 nitrogen and oxygen atoms in total. The molecule has 4 rings (SSSR count). The maximum absolute atomic E-state index is 11.3. The van der Waals surface area contributed by atoms with Crippen molar-refractivity contribution >= 4 is 17.1 Å². The van der Waals surface area contributed by atoms with Gasteiger partial charge in [0.25, 0.3) is 0 Å². The predicted octanol–water partition coefficient (Wildman–Crippen LogP) is 3.44. The van der Waals surface area contributed by atoms with E-state index in [1.54, 1.807) is 0 Å². The molecule has 0 aliphatic carbocycles. The zero-order chi connectivity index (χ0) is 17.6. The molecule has 1 aliphatic rings. The van der Waals surface area contributed by atoms with Crippen molar-refractivity contribution in [2.24, 2.45) is 11.1 Å². The standard InChI is InChI=1S/C18H17N3O4/c1-18(2)9-23-15-8-11(3-5-12(15)16(18)24-17(19)22)10-4-6-13-14(7-10)21-25-20-13/h3-8,16H,9H2,1-2H3,(H2,19,22). The molecule has 3 aromatic rings. The second-order valence-corrected chi connectivity index (χ2v) is 6.81. The quantitative estimate of drug-likeness (QED) is 0.767. The van der Waals surface area contributed by atoms with Crippen LogP contribution in [0.15, 0.2) is 41.0 Å². The van der Waals surface area contributed by atoms with Crippen LogP contribution >= 0.6 is 0 Å². The van der Waals surface area contributed by atoms with E-state index in [-0.39, 0.29) is 5.41 Å². The number of fused-ring (bicyclic) bond motifs is 2. The summed E-state index contributed by atoms with van der Waals surface area (Å²) in [6, 6.07) is 11.5. The number of hydrogen-bond acceptors (Lipinski definition) is 6. The molecule has 2 N–H and O–H groups in total. The van der Waals surface area contributed by atoms with E-state index in [1.165, 1.54) is 0 Å². The number of nitrogens with two attached hydrogens (primary N) is 1. The first kappa shape index (κ1) is 15.4. The highest BCUT2D eigenvalue weighted by Crippen LogP contribution is 2.46. The van der Waals surface area contributed by atoms with Gasteiger partial charge in [-0.3, -0.25) is 0 Å². The van der Waals surface area contributed by atoms with Gasteiger partial charge in [0.1, 0.15) is 22.9 Å². The van der Waals surface area contributed by atoms with Gasteiger partial charge in [-0.25, -0.2) is 9.42 Å². The number of ether oxygens (including phenoxy) is 2. The lowest BCUT2D eigenvalue weighted by atomic mass is 9.80. The predicted molar refractivity (Wildman–Crippen MR) is 89.9 cm³/mol. The third kappa shape index (κ3) is 2.67. The molecule has 2 aromatic carbocycles. The molecule has 1 atom stereocenters. The summed E-state index contributed by atoms with van der Waals surface area (Å²) in [6.45, 7) is 4.37. The number of primary amides is 1. The van der Waals surface area contributed by atoms with Crippen LogP contribution in [0.5, 0.6) is 5.75 Å². The smallest absolute Gasteiger partial charge is 0.405 e. The molecule has 1 aromatic heterocycles. The number of rotatable bonds is 2. The number of hydrogen-bond donors (Lipinski definition) is 1. The maximum atomic E-state index is 11.3. The summed E-state index contributed by atoms with van der Waals surface area (Å²) in [5, 5.41) is 7.67. The first-order valence-electron chi connectivity index (χ1n) is 7.89. The van der Waals surface area contributed by atoms with Crippen LogP contribution in [0.2, 0.25) is 0 Å². The molecular weight excluding hydrogens is 322 g/mol. The van der Waals surface area contributed by atoms with Crippen LogP contribution in [-0.4, -0.2) is 23.0 Å². The molecule has 0 spiro atoms. The van der Waals surface area contributed by atoms with Crippen LogP contribution < -0.4 is 10.5 Å². The molecule has 7 heteroatoms. The summed E-state index contributed by atoms with van der Waals surface area (Å²) in [7, 11) is 0. The van der Waals surface area contributed by atoms with Gasteiger partial charge < -0.3 is 15.2 Å². The Morgan fingerprint density at radius 3 is 2.68 bits per heavy atom. The van der Waals surface area contributed by atoms with Gasteiger partial charge in [0.15, 0.2) is 0 Å². The third-order valence-corrected chi connectivity index (χ3v) is 4.43. The third-order valence-electron chi connectivity index (χ3n) is 4.43. The number of amides is 1.